The van der Waals surface area contributed by atoms with Crippen LogP contribution in [0, 0.1) is 12.8 Å². The molecule has 0 bridgehead atoms. The molecule has 0 saturated heterocycles. The maximum absolute atomic E-state index is 13.0. The van der Waals surface area contributed by atoms with Gasteiger partial charge in [-0.1, -0.05) is 37.2 Å². The van der Waals surface area contributed by atoms with Gasteiger partial charge in [0.1, 0.15) is 11.5 Å². The second-order valence-corrected chi connectivity index (χ2v) is 9.43. The highest BCUT2D eigenvalue weighted by Crippen LogP contribution is 2.45. The number of aryl methyl sites for hydroxylation is 1. The lowest BCUT2D eigenvalue weighted by Crippen LogP contribution is -2.36. The molecule has 178 valence electrons. The maximum Gasteiger partial charge on any atom is 0.247 e. The number of hydrogen-bond acceptors (Lipinski definition) is 8. The largest absolute Gasteiger partial charge is 0.497 e. The molecule has 1 aliphatic rings. The average molecular weight is 481 g/mol. The molecule has 34 heavy (non-hydrogen) atoms. The number of carbonyl (C=O) groups excluding carboxylic acids is 1. The van der Waals surface area contributed by atoms with Crippen LogP contribution in [0.3, 0.4) is 0 Å². The van der Waals surface area contributed by atoms with Gasteiger partial charge in [0.15, 0.2) is 5.69 Å². The Labute approximate surface area is 203 Å². The first-order valence-electron chi connectivity index (χ1n) is 11.0. The first-order chi connectivity index (χ1) is 16.3. The molecule has 1 atom stereocenters. The van der Waals surface area contributed by atoms with Gasteiger partial charge < -0.3 is 14.2 Å². The van der Waals surface area contributed by atoms with E-state index in [2.05, 4.69) is 24.0 Å². The highest BCUT2D eigenvalue weighted by atomic mass is 32.2. The topological polar surface area (TPSA) is 86.7 Å². The molecular weight excluding hydrogens is 452 g/mol. The molecule has 4 rings (SSSR count). The van der Waals surface area contributed by atoms with Crippen molar-refractivity contribution >= 4 is 23.4 Å². The van der Waals surface area contributed by atoms with E-state index in [1.54, 1.807) is 37.3 Å². The van der Waals surface area contributed by atoms with E-state index in [1.165, 1.54) is 18.7 Å². The minimum Gasteiger partial charge on any atom is -0.497 e. The van der Waals surface area contributed by atoms with E-state index in [4.69, 9.17) is 19.2 Å². The van der Waals surface area contributed by atoms with E-state index in [0.29, 0.717) is 45.4 Å². The Morgan fingerprint density at radius 2 is 1.94 bits per heavy atom. The predicted octanol–water partition coefficient (Wildman–Crippen LogP) is 5.06. The number of amides is 1. The van der Waals surface area contributed by atoms with Crippen molar-refractivity contribution in [2.45, 2.75) is 39.1 Å². The van der Waals surface area contributed by atoms with Gasteiger partial charge in [-0.15, -0.1) is 10.2 Å². The standard InChI is InChI=1S/C25H28N4O4S/c1-14(2)13-34-25-26-23-22(27-28-25)18-11-15(3)7-9-20(18)29(16(4)30)24(33-23)19-12-17(31-5)8-10-21(19)32-6/h7-12,14,24H,13H2,1-6H3. The third kappa shape index (κ3) is 4.65. The Balaban J connectivity index is 1.94. The first-order valence-corrected chi connectivity index (χ1v) is 12.0. The molecule has 3 aromatic rings. The van der Waals surface area contributed by atoms with Crippen LogP contribution in [0.5, 0.6) is 17.4 Å². The zero-order valence-electron chi connectivity index (χ0n) is 20.2. The lowest BCUT2D eigenvalue weighted by atomic mass is 10.0. The number of carbonyl (C=O) groups is 1. The zero-order chi connectivity index (χ0) is 24.4. The van der Waals surface area contributed by atoms with Crippen LogP contribution in [0.25, 0.3) is 11.3 Å². The molecule has 1 unspecified atom stereocenters. The summed E-state index contributed by atoms with van der Waals surface area (Å²) in [4.78, 5) is 19.3. The summed E-state index contributed by atoms with van der Waals surface area (Å²) < 4.78 is 17.5. The number of benzene rings is 2. The Morgan fingerprint density at radius 3 is 2.62 bits per heavy atom. The minimum absolute atomic E-state index is 0.199. The van der Waals surface area contributed by atoms with E-state index < -0.39 is 6.23 Å². The first kappa shape index (κ1) is 23.8. The molecule has 2 heterocycles. The fourth-order valence-electron chi connectivity index (χ4n) is 3.76. The van der Waals surface area contributed by atoms with Crippen LogP contribution in [-0.4, -0.2) is 41.1 Å². The molecule has 1 amide bonds. The van der Waals surface area contributed by atoms with Crippen molar-refractivity contribution in [1.29, 1.82) is 0 Å². The van der Waals surface area contributed by atoms with Crippen molar-refractivity contribution in [2.75, 3.05) is 24.9 Å². The minimum atomic E-state index is -0.857. The Kier molecular flexibility index (Phi) is 6.92. The van der Waals surface area contributed by atoms with Crippen molar-refractivity contribution in [3.05, 3.63) is 47.5 Å². The Hall–Kier alpha value is -3.33. The molecule has 0 spiro atoms. The van der Waals surface area contributed by atoms with E-state index in [9.17, 15) is 4.79 Å². The average Bonchev–Trinajstić information content (AvgIpc) is 2.96. The van der Waals surface area contributed by atoms with Crippen LogP contribution in [-0.2, 0) is 4.79 Å². The maximum atomic E-state index is 13.0. The van der Waals surface area contributed by atoms with Crippen molar-refractivity contribution in [3.8, 4) is 28.6 Å². The molecule has 0 saturated carbocycles. The summed E-state index contributed by atoms with van der Waals surface area (Å²) >= 11 is 1.52. The zero-order valence-corrected chi connectivity index (χ0v) is 21.0. The van der Waals surface area contributed by atoms with Crippen LogP contribution in [0.4, 0.5) is 5.69 Å². The number of fused-ring (bicyclic) bond motifs is 3. The summed E-state index contributed by atoms with van der Waals surface area (Å²) in [5, 5.41) is 9.34. The highest BCUT2D eigenvalue weighted by Gasteiger charge is 2.36. The predicted molar refractivity (Wildman–Crippen MR) is 132 cm³/mol. The Bertz CT molecular complexity index is 1220. The molecular formula is C25H28N4O4S. The van der Waals surface area contributed by atoms with Crippen molar-refractivity contribution < 1.29 is 19.0 Å². The van der Waals surface area contributed by atoms with Gasteiger partial charge in [-0.3, -0.25) is 9.69 Å². The van der Waals surface area contributed by atoms with E-state index in [0.717, 1.165) is 16.9 Å². The molecule has 8 nitrogen and oxygen atoms in total. The number of ether oxygens (including phenoxy) is 3. The van der Waals surface area contributed by atoms with E-state index >= 15 is 0 Å². The van der Waals surface area contributed by atoms with Gasteiger partial charge in [-0.05, 0) is 43.2 Å². The third-order valence-corrected chi connectivity index (χ3v) is 6.61. The molecule has 2 aromatic carbocycles. The van der Waals surface area contributed by atoms with Gasteiger partial charge in [-0.2, -0.15) is 4.98 Å². The SMILES string of the molecule is COc1ccc(OC)c(C2Oc3nc(SCC(C)C)nnc3-c3cc(C)ccc3N2C(C)=O)c1. The second kappa shape index (κ2) is 9.89. The highest BCUT2D eigenvalue weighted by molar-refractivity contribution is 7.99. The third-order valence-electron chi connectivity index (χ3n) is 5.35. The molecule has 0 aliphatic carbocycles. The number of methoxy groups -OCH3 is 2. The van der Waals surface area contributed by atoms with Crippen molar-refractivity contribution in [1.82, 2.24) is 15.2 Å². The number of aromatic nitrogens is 3. The lowest BCUT2D eigenvalue weighted by molar-refractivity contribution is -0.118. The summed E-state index contributed by atoms with van der Waals surface area (Å²) in [7, 11) is 3.17. The van der Waals surface area contributed by atoms with Gasteiger partial charge in [0.2, 0.25) is 23.2 Å². The van der Waals surface area contributed by atoms with Gasteiger partial charge >= 0.3 is 0 Å². The molecule has 0 fully saturated rings. The molecule has 1 aromatic heterocycles. The lowest BCUT2D eigenvalue weighted by Gasteiger charge is -2.31. The van der Waals surface area contributed by atoms with Gasteiger partial charge in [-0.25, -0.2) is 0 Å². The summed E-state index contributed by atoms with van der Waals surface area (Å²) in [5.41, 5.74) is 3.53. The molecule has 0 radical (unpaired) electrons. The summed E-state index contributed by atoms with van der Waals surface area (Å²) in [5.74, 6) is 2.61. The van der Waals surface area contributed by atoms with Gasteiger partial charge in [0, 0.05) is 18.2 Å². The fraction of sp³-hybridized carbons (Fsp3) is 0.360. The monoisotopic (exact) mass is 480 g/mol. The fourth-order valence-corrected chi connectivity index (χ4v) is 4.48. The smallest absolute Gasteiger partial charge is 0.247 e. The van der Waals surface area contributed by atoms with Gasteiger partial charge in [0.25, 0.3) is 0 Å². The number of nitrogens with zero attached hydrogens (tertiary/aromatic N) is 4. The van der Waals surface area contributed by atoms with Crippen molar-refractivity contribution in [2.24, 2.45) is 5.92 Å². The van der Waals surface area contributed by atoms with E-state index in [1.807, 2.05) is 25.1 Å². The van der Waals surface area contributed by atoms with Crippen LogP contribution < -0.4 is 19.1 Å². The number of hydrogen-bond donors (Lipinski definition) is 0. The van der Waals surface area contributed by atoms with Crippen molar-refractivity contribution in [3.63, 3.8) is 0 Å². The van der Waals surface area contributed by atoms with Crippen LogP contribution >= 0.6 is 11.8 Å². The Morgan fingerprint density at radius 1 is 1.15 bits per heavy atom. The normalized spacial score (nSPS) is 14.7. The van der Waals surface area contributed by atoms with Crippen LogP contribution in [0.1, 0.15) is 38.1 Å². The quantitative estimate of drug-likeness (QED) is 0.453. The van der Waals surface area contributed by atoms with Crippen LogP contribution in [0.2, 0.25) is 0 Å². The summed E-state index contributed by atoms with van der Waals surface area (Å²) in [6.45, 7) is 7.76. The molecule has 1 aliphatic heterocycles. The molecule has 0 N–H and O–H groups in total. The summed E-state index contributed by atoms with van der Waals surface area (Å²) in [6.07, 6.45) is -0.857. The second-order valence-electron chi connectivity index (χ2n) is 8.44. The number of rotatable bonds is 6. The number of thioether (sulfide) groups is 1. The number of anilines is 1. The van der Waals surface area contributed by atoms with Crippen LogP contribution in [0.15, 0.2) is 41.6 Å². The molecule has 9 heteroatoms. The van der Waals surface area contributed by atoms with E-state index in [-0.39, 0.29) is 5.91 Å². The van der Waals surface area contributed by atoms with Gasteiger partial charge in [0.05, 0.1) is 25.5 Å². The summed E-state index contributed by atoms with van der Waals surface area (Å²) in [6, 6.07) is 11.2.